The number of piperidine rings is 1. The molecular formula is C39H51N5O7. The van der Waals surface area contributed by atoms with Crippen molar-refractivity contribution in [3.8, 4) is 0 Å². The van der Waals surface area contributed by atoms with E-state index >= 15 is 0 Å². The maximum Gasteiger partial charge on any atom is 0.408 e. The van der Waals surface area contributed by atoms with Gasteiger partial charge in [-0.2, -0.15) is 0 Å². The van der Waals surface area contributed by atoms with Crippen molar-refractivity contribution in [3.05, 3.63) is 71.3 Å². The van der Waals surface area contributed by atoms with Gasteiger partial charge in [0.1, 0.15) is 17.7 Å². The van der Waals surface area contributed by atoms with Crippen LogP contribution in [0.15, 0.2) is 54.6 Å². The molecule has 12 nitrogen and oxygen atoms in total. The average Bonchev–Trinajstić information content (AvgIpc) is 3.43. The summed E-state index contributed by atoms with van der Waals surface area (Å²) in [6.07, 6.45) is 1.14. The predicted octanol–water partition coefficient (Wildman–Crippen LogP) is 3.06. The van der Waals surface area contributed by atoms with E-state index in [1.54, 1.807) is 25.7 Å². The molecule has 51 heavy (non-hydrogen) atoms. The molecule has 0 radical (unpaired) electrons. The third-order valence-corrected chi connectivity index (χ3v) is 10.4. The van der Waals surface area contributed by atoms with Crippen molar-refractivity contribution < 1.29 is 33.5 Å². The van der Waals surface area contributed by atoms with E-state index in [2.05, 4.69) is 35.1 Å². The molecule has 12 heteroatoms. The Bertz CT molecular complexity index is 1630. The lowest BCUT2D eigenvalue weighted by molar-refractivity contribution is -0.144. The second kappa shape index (κ2) is 15.2. The van der Waals surface area contributed by atoms with Crippen LogP contribution in [0.3, 0.4) is 0 Å². The maximum atomic E-state index is 14.5. The first kappa shape index (κ1) is 37.5. The van der Waals surface area contributed by atoms with Gasteiger partial charge < -0.3 is 30.9 Å². The van der Waals surface area contributed by atoms with Crippen molar-refractivity contribution >= 4 is 35.5 Å². The van der Waals surface area contributed by atoms with Gasteiger partial charge in [0.25, 0.3) is 5.91 Å². The Balaban J connectivity index is 1.28. The van der Waals surface area contributed by atoms with Gasteiger partial charge in [0.05, 0.1) is 12.6 Å². The van der Waals surface area contributed by atoms with Crippen molar-refractivity contribution in [1.82, 2.24) is 26.2 Å². The number of likely N-dealkylation sites (tertiary alicyclic amines) is 1. The minimum Gasteiger partial charge on any atom is -0.444 e. The van der Waals surface area contributed by atoms with Gasteiger partial charge in [-0.1, -0.05) is 81.8 Å². The molecule has 0 aromatic heterocycles. The Kier molecular flexibility index (Phi) is 11.2. The van der Waals surface area contributed by atoms with Gasteiger partial charge in [0.15, 0.2) is 0 Å². The second-order valence-corrected chi connectivity index (χ2v) is 15.6. The number of ketones is 1. The first-order valence-electron chi connectivity index (χ1n) is 17.9. The van der Waals surface area contributed by atoms with Crippen LogP contribution in [-0.4, -0.2) is 77.2 Å². The highest BCUT2D eigenvalue weighted by Gasteiger charge is 2.69. The fraction of sp³-hybridized carbons (Fsp3) is 0.538. The summed E-state index contributed by atoms with van der Waals surface area (Å²) in [5.74, 6) is -3.56. The number of rotatable bonds is 13. The SMILES string of the molecule is CCCC(NC(=O)[C@@H]1[C@@H]2[C@@H](CN1C(=O)[C@@H](NC(=O)OC(C)(C)C)C1Cc3ccccc3C1)C2(C)C)C(=O)C(=O)NCC(=O)NCc1ccccc1. The van der Waals surface area contributed by atoms with Crippen LogP contribution in [0.1, 0.15) is 71.1 Å². The molecule has 1 aliphatic heterocycles. The number of Topliss-reactive ketones (excluding diaryl/α,β-unsaturated/α-hetero) is 1. The van der Waals surface area contributed by atoms with E-state index in [-0.39, 0.29) is 42.0 Å². The molecule has 0 bridgehead atoms. The van der Waals surface area contributed by atoms with Gasteiger partial charge in [-0.25, -0.2) is 4.79 Å². The van der Waals surface area contributed by atoms with E-state index in [4.69, 9.17) is 4.74 Å². The number of hydrogen-bond acceptors (Lipinski definition) is 7. The van der Waals surface area contributed by atoms with Crippen LogP contribution < -0.4 is 21.3 Å². The van der Waals surface area contributed by atoms with Gasteiger partial charge in [-0.15, -0.1) is 0 Å². The van der Waals surface area contributed by atoms with Gasteiger partial charge in [-0.05, 0) is 79.9 Å². The van der Waals surface area contributed by atoms with Crippen molar-refractivity contribution in [2.24, 2.45) is 23.2 Å². The standard InChI is InChI=1S/C39H51N5O7/c1-7-13-28(33(46)35(48)41-21-29(45)40-20-23-14-9-8-10-15-23)42-34(47)32-30-27(39(30,5)6)22-44(32)36(49)31(43-37(50)51-38(2,3)4)26-18-24-16-11-12-17-25(24)19-26/h8-12,14-17,26-28,30-32H,7,13,18-22H2,1-6H3,(H,40,45)(H,41,48)(H,42,47)(H,43,50)/t27-,28?,30+,31+,32+/m1/s1. The maximum absolute atomic E-state index is 14.5. The second-order valence-electron chi connectivity index (χ2n) is 15.6. The highest BCUT2D eigenvalue weighted by molar-refractivity contribution is 6.38. The Morgan fingerprint density at radius 2 is 1.53 bits per heavy atom. The molecule has 3 aliphatic rings. The minimum absolute atomic E-state index is 0.0539. The van der Waals surface area contributed by atoms with Crippen molar-refractivity contribution in [1.29, 1.82) is 0 Å². The largest absolute Gasteiger partial charge is 0.444 e. The van der Waals surface area contributed by atoms with Gasteiger partial charge in [0, 0.05) is 13.1 Å². The van der Waals surface area contributed by atoms with Gasteiger partial charge in [-0.3, -0.25) is 24.0 Å². The van der Waals surface area contributed by atoms with E-state index in [1.165, 1.54) is 0 Å². The molecule has 5 amide bonds. The Morgan fingerprint density at radius 3 is 2.14 bits per heavy atom. The highest BCUT2D eigenvalue weighted by Crippen LogP contribution is 2.65. The third-order valence-electron chi connectivity index (χ3n) is 10.4. The molecule has 0 spiro atoms. The number of benzene rings is 2. The molecule has 2 aromatic rings. The summed E-state index contributed by atoms with van der Waals surface area (Å²) in [5.41, 5.74) is 2.11. The van der Waals surface area contributed by atoms with Crippen LogP contribution in [0.25, 0.3) is 0 Å². The number of nitrogens with zero attached hydrogens (tertiary/aromatic N) is 1. The molecule has 274 valence electrons. The van der Waals surface area contributed by atoms with Crippen molar-refractivity contribution in [2.75, 3.05) is 13.1 Å². The zero-order chi connectivity index (χ0) is 37.1. The topological polar surface area (TPSA) is 163 Å². The Morgan fingerprint density at radius 1 is 0.902 bits per heavy atom. The lowest BCUT2D eigenvalue weighted by atomic mass is 9.93. The quantitative estimate of drug-likeness (QED) is 0.233. The normalized spacial score (nSPS) is 21.4. The van der Waals surface area contributed by atoms with E-state index in [1.807, 2.05) is 61.5 Å². The monoisotopic (exact) mass is 701 g/mol. The molecule has 2 fully saturated rings. The minimum atomic E-state index is -1.15. The summed E-state index contributed by atoms with van der Waals surface area (Å²) in [4.78, 5) is 81.9. The van der Waals surface area contributed by atoms with E-state index in [9.17, 15) is 28.8 Å². The predicted molar refractivity (Wildman–Crippen MR) is 190 cm³/mol. The number of fused-ring (bicyclic) bond motifs is 2. The molecule has 2 aliphatic carbocycles. The molecular weight excluding hydrogens is 650 g/mol. The molecule has 1 heterocycles. The van der Waals surface area contributed by atoms with Crippen LogP contribution in [0.4, 0.5) is 4.79 Å². The number of nitrogens with one attached hydrogen (secondary N) is 4. The third kappa shape index (κ3) is 8.77. The molecule has 1 saturated carbocycles. The molecule has 5 rings (SSSR count). The molecule has 2 aromatic carbocycles. The summed E-state index contributed by atoms with van der Waals surface area (Å²) >= 11 is 0. The molecule has 5 atom stereocenters. The summed E-state index contributed by atoms with van der Waals surface area (Å²) in [6, 6.07) is 14.2. The number of hydrogen-bond donors (Lipinski definition) is 4. The van der Waals surface area contributed by atoms with Crippen LogP contribution >= 0.6 is 0 Å². The average molecular weight is 702 g/mol. The molecule has 1 saturated heterocycles. The van der Waals surface area contributed by atoms with Crippen molar-refractivity contribution in [3.63, 3.8) is 0 Å². The lowest BCUT2D eigenvalue weighted by Crippen LogP contribution is -2.60. The van der Waals surface area contributed by atoms with Crippen LogP contribution in [0, 0.1) is 23.2 Å². The van der Waals surface area contributed by atoms with Crippen LogP contribution in [-0.2, 0) is 48.1 Å². The van der Waals surface area contributed by atoms with E-state index in [0.717, 1.165) is 16.7 Å². The zero-order valence-electron chi connectivity index (χ0n) is 30.4. The number of ether oxygens (including phenoxy) is 1. The van der Waals surface area contributed by atoms with Crippen molar-refractivity contribution in [2.45, 2.75) is 97.5 Å². The van der Waals surface area contributed by atoms with E-state index < -0.39 is 59.9 Å². The van der Waals surface area contributed by atoms with Gasteiger partial charge >= 0.3 is 6.09 Å². The fourth-order valence-electron chi connectivity index (χ4n) is 7.72. The van der Waals surface area contributed by atoms with E-state index in [0.29, 0.717) is 25.8 Å². The lowest BCUT2D eigenvalue weighted by Gasteiger charge is -2.35. The first-order chi connectivity index (χ1) is 24.1. The van der Waals surface area contributed by atoms with Crippen LogP contribution in [0.2, 0.25) is 0 Å². The molecule has 4 N–H and O–H groups in total. The first-order valence-corrected chi connectivity index (χ1v) is 17.9. The summed E-state index contributed by atoms with van der Waals surface area (Å²) in [5, 5.41) is 10.7. The fourth-order valence-corrected chi connectivity index (χ4v) is 7.72. The smallest absolute Gasteiger partial charge is 0.408 e. The summed E-state index contributed by atoms with van der Waals surface area (Å²) in [7, 11) is 0. The number of carbonyl (C=O) groups is 6. The Labute approximate surface area is 299 Å². The number of amides is 5. The molecule has 1 unspecified atom stereocenters. The number of carbonyl (C=O) groups excluding carboxylic acids is 6. The zero-order valence-corrected chi connectivity index (χ0v) is 30.4. The summed E-state index contributed by atoms with van der Waals surface area (Å²) < 4.78 is 5.55. The number of alkyl carbamates (subject to hydrolysis) is 1. The van der Waals surface area contributed by atoms with Crippen LogP contribution in [0.5, 0.6) is 0 Å². The summed E-state index contributed by atoms with van der Waals surface area (Å²) in [6.45, 7) is 11.4. The van der Waals surface area contributed by atoms with Gasteiger partial charge in [0.2, 0.25) is 23.5 Å². The highest BCUT2D eigenvalue weighted by atomic mass is 16.6. The Hall–Kier alpha value is -4.74.